The van der Waals surface area contributed by atoms with Crippen LogP contribution in [0, 0.1) is 0 Å². The predicted octanol–water partition coefficient (Wildman–Crippen LogP) is 6.04. The van der Waals surface area contributed by atoms with E-state index in [9.17, 15) is 9.59 Å². The summed E-state index contributed by atoms with van der Waals surface area (Å²) in [6, 6.07) is 34.1. The summed E-state index contributed by atoms with van der Waals surface area (Å²) >= 11 is 0. The molecule has 170 valence electrons. The lowest BCUT2D eigenvalue weighted by Crippen LogP contribution is -2.32. The highest BCUT2D eigenvalue weighted by molar-refractivity contribution is 6.11. The number of hydrogen-bond donors (Lipinski definition) is 1. The molecule has 0 aliphatic heterocycles. The zero-order valence-corrected chi connectivity index (χ0v) is 19.0. The van der Waals surface area contributed by atoms with Crippen LogP contribution in [-0.2, 0) is 4.79 Å². The minimum atomic E-state index is -0.338. The van der Waals surface area contributed by atoms with Crippen molar-refractivity contribution in [3.8, 4) is 16.9 Å². The summed E-state index contributed by atoms with van der Waals surface area (Å²) in [6.45, 7) is 2.26. The van der Waals surface area contributed by atoms with E-state index in [1.54, 1.807) is 29.2 Å². The molecule has 0 radical (unpaired) electrons. The van der Waals surface area contributed by atoms with Crippen LogP contribution in [0.2, 0.25) is 0 Å². The van der Waals surface area contributed by atoms with E-state index in [1.165, 1.54) is 0 Å². The Hall–Kier alpha value is -4.38. The van der Waals surface area contributed by atoms with Crippen molar-refractivity contribution in [1.29, 1.82) is 0 Å². The molecule has 0 aromatic heterocycles. The van der Waals surface area contributed by atoms with Crippen molar-refractivity contribution in [1.82, 2.24) is 0 Å². The summed E-state index contributed by atoms with van der Waals surface area (Å²) in [5.41, 5.74) is 3.87. The van der Waals surface area contributed by atoms with Crippen LogP contribution in [0.1, 0.15) is 17.3 Å². The van der Waals surface area contributed by atoms with Crippen molar-refractivity contribution in [2.45, 2.75) is 6.92 Å². The molecule has 0 fully saturated rings. The van der Waals surface area contributed by atoms with E-state index in [1.807, 2.05) is 91.9 Å². The molecule has 0 bridgehead atoms. The molecule has 4 aromatic carbocycles. The molecule has 2 amide bonds. The van der Waals surface area contributed by atoms with Crippen LogP contribution in [-0.4, -0.2) is 25.0 Å². The first-order valence-corrected chi connectivity index (χ1v) is 11.2. The lowest BCUT2D eigenvalue weighted by Gasteiger charge is -2.22. The third-order valence-corrected chi connectivity index (χ3v) is 5.39. The van der Waals surface area contributed by atoms with Crippen LogP contribution in [0.4, 0.5) is 11.4 Å². The van der Waals surface area contributed by atoms with Crippen molar-refractivity contribution in [3.05, 3.63) is 115 Å². The van der Waals surface area contributed by atoms with Gasteiger partial charge in [0.25, 0.3) is 11.8 Å². The van der Waals surface area contributed by atoms with Crippen molar-refractivity contribution >= 4 is 23.2 Å². The predicted molar refractivity (Wildman–Crippen MR) is 136 cm³/mol. The standard InChI is InChI=1S/C29H26N2O3/c1-2-31(24-13-7-4-8-14-24)29(33)26-15-9-10-16-27(26)30-28(32)21-34-25-19-17-23(18-20-25)22-11-5-3-6-12-22/h3-20H,2,21H2,1H3,(H,30,32). The van der Waals surface area contributed by atoms with Gasteiger partial charge in [0.05, 0.1) is 11.3 Å². The molecule has 0 atom stereocenters. The smallest absolute Gasteiger partial charge is 0.262 e. The number of carbonyl (C=O) groups is 2. The normalized spacial score (nSPS) is 10.4. The maximum Gasteiger partial charge on any atom is 0.262 e. The van der Waals surface area contributed by atoms with Gasteiger partial charge in [0, 0.05) is 12.2 Å². The van der Waals surface area contributed by atoms with Crippen molar-refractivity contribution < 1.29 is 14.3 Å². The number of nitrogens with one attached hydrogen (secondary N) is 1. The number of nitrogens with zero attached hydrogens (tertiary/aromatic N) is 1. The fourth-order valence-electron chi connectivity index (χ4n) is 3.68. The Kier molecular flexibility index (Phi) is 7.35. The Bertz CT molecular complexity index is 1240. The Morgan fingerprint density at radius 2 is 1.32 bits per heavy atom. The summed E-state index contributed by atoms with van der Waals surface area (Å²) in [6.07, 6.45) is 0. The largest absolute Gasteiger partial charge is 0.484 e. The molecular weight excluding hydrogens is 424 g/mol. The molecule has 0 heterocycles. The maximum atomic E-state index is 13.3. The molecule has 0 spiro atoms. The minimum absolute atomic E-state index is 0.163. The van der Waals surface area contributed by atoms with E-state index >= 15 is 0 Å². The van der Waals surface area contributed by atoms with Gasteiger partial charge in [0.1, 0.15) is 5.75 Å². The fraction of sp³-hybridized carbons (Fsp3) is 0.103. The van der Waals surface area contributed by atoms with Crippen molar-refractivity contribution in [3.63, 3.8) is 0 Å². The molecule has 0 unspecified atom stereocenters. The average molecular weight is 451 g/mol. The van der Waals surface area contributed by atoms with Gasteiger partial charge >= 0.3 is 0 Å². The molecule has 0 aliphatic carbocycles. The topological polar surface area (TPSA) is 58.6 Å². The number of para-hydroxylation sites is 2. The molecular formula is C29H26N2O3. The summed E-state index contributed by atoms with van der Waals surface area (Å²) in [4.78, 5) is 27.5. The number of rotatable bonds is 8. The highest BCUT2D eigenvalue weighted by Crippen LogP contribution is 2.23. The SMILES string of the molecule is CCN(C(=O)c1ccccc1NC(=O)COc1ccc(-c2ccccc2)cc1)c1ccccc1. The van der Waals surface area contributed by atoms with Gasteiger partial charge in [0.15, 0.2) is 6.61 Å². The highest BCUT2D eigenvalue weighted by atomic mass is 16.5. The number of hydrogen-bond acceptors (Lipinski definition) is 3. The molecule has 34 heavy (non-hydrogen) atoms. The van der Waals surface area contributed by atoms with E-state index in [0.717, 1.165) is 16.8 Å². The van der Waals surface area contributed by atoms with E-state index in [-0.39, 0.29) is 18.4 Å². The van der Waals surface area contributed by atoms with E-state index < -0.39 is 0 Å². The van der Waals surface area contributed by atoms with Gasteiger partial charge < -0.3 is 15.0 Å². The zero-order valence-electron chi connectivity index (χ0n) is 19.0. The van der Waals surface area contributed by atoms with Crippen LogP contribution in [0.15, 0.2) is 109 Å². The summed E-state index contributed by atoms with van der Waals surface area (Å²) in [7, 11) is 0. The maximum absolute atomic E-state index is 13.3. The van der Waals surface area contributed by atoms with Gasteiger partial charge in [-0.2, -0.15) is 0 Å². The van der Waals surface area contributed by atoms with Crippen LogP contribution in [0.5, 0.6) is 5.75 Å². The van der Waals surface area contributed by atoms with E-state index in [2.05, 4.69) is 5.32 Å². The Morgan fingerprint density at radius 1 is 0.735 bits per heavy atom. The first-order chi connectivity index (χ1) is 16.7. The van der Waals surface area contributed by atoms with Gasteiger partial charge in [-0.25, -0.2) is 0 Å². The number of ether oxygens (including phenoxy) is 1. The number of amides is 2. The minimum Gasteiger partial charge on any atom is -0.484 e. The third kappa shape index (κ3) is 5.51. The van der Waals surface area contributed by atoms with E-state index in [4.69, 9.17) is 4.74 Å². The molecule has 0 saturated carbocycles. The number of carbonyl (C=O) groups excluding carboxylic acids is 2. The van der Waals surface area contributed by atoms with Crippen LogP contribution >= 0.6 is 0 Å². The van der Waals surface area contributed by atoms with Crippen molar-refractivity contribution in [2.24, 2.45) is 0 Å². The second kappa shape index (κ2) is 11.0. The molecule has 4 aromatic rings. The second-order valence-electron chi connectivity index (χ2n) is 7.66. The Morgan fingerprint density at radius 3 is 2.00 bits per heavy atom. The molecule has 5 heteroatoms. The van der Waals surface area contributed by atoms with Gasteiger partial charge in [-0.3, -0.25) is 9.59 Å². The van der Waals surface area contributed by atoms with Gasteiger partial charge in [-0.05, 0) is 54.4 Å². The van der Waals surface area contributed by atoms with Crippen LogP contribution in [0.3, 0.4) is 0 Å². The summed E-state index contributed by atoms with van der Waals surface area (Å²) < 4.78 is 5.66. The Balaban J connectivity index is 1.40. The molecule has 5 nitrogen and oxygen atoms in total. The first kappa shape index (κ1) is 22.8. The third-order valence-electron chi connectivity index (χ3n) is 5.39. The molecule has 0 saturated heterocycles. The van der Waals surface area contributed by atoms with Gasteiger partial charge in [-0.1, -0.05) is 72.8 Å². The fourth-order valence-corrected chi connectivity index (χ4v) is 3.68. The lowest BCUT2D eigenvalue weighted by molar-refractivity contribution is -0.118. The van der Waals surface area contributed by atoms with Crippen LogP contribution < -0.4 is 15.0 Å². The van der Waals surface area contributed by atoms with Crippen molar-refractivity contribution in [2.75, 3.05) is 23.4 Å². The molecule has 1 N–H and O–H groups in total. The molecule has 4 rings (SSSR count). The Labute approximate surface area is 199 Å². The monoisotopic (exact) mass is 450 g/mol. The van der Waals surface area contributed by atoms with Crippen LogP contribution in [0.25, 0.3) is 11.1 Å². The lowest BCUT2D eigenvalue weighted by atomic mass is 10.1. The zero-order chi connectivity index (χ0) is 23.8. The summed E-state index contributed by atoms with van der Waals surface area (Å²) in [5, 5.41) is 2.82. The summed E-state index contributed by atoms with van der Waals surface area (Å²) in [5.74, 6) is 0.0811. The quantitative estimate of drug-likeness (QED) is 0.356. The average Bonchev–Trinajstić information content (AvgIpc) is 2.89. The highest BCUT2D eigenvalue weighted by Gasteiger charge is 2.20. The van der Waals surface area contributed by atoms with Gasteiger partial charge in [-0.15, -0.1) is 0 Å². The first-order valence-electron chi connectivity index (χ1n) is 11.2. The number of anilines is 2. The van der Waals surface area contributed by atoms with E-state index in [0.29, 0.717) is 23.5 Å². The second-order valence-corrected chi connectivity index (χ2v) is 7.66. The molecule has 0 aliphatic rings. The number of benzene rings is 4. The van der Waals surface area contributed by atoms with Gasteiger partial charge in [0.2, 0.25) is 0 Å².